The molecule has 0 aromatic rings. The van der Waals surface area contributed by atoms with Crippen molar-refractivity contribution in [2.24, 2.45) is 0 Å². The van der Waals surface area contributed by atoms with Crippen molar-refractivity contribution in [2.75, 3.05) is 7.11 Å². The van der Waals surface area contributed by atoms with Crippen LogP contribution in [0.4, 0.5) is 4.53 Å². The fourth-order valence-corrected chi connectivity index (χ4v) is 1.13. The van der Waals surface area contributed by atoms with Crippen molar-refractivity contribution in [1.29, 1.82) is 0 Å². The van der Waals surface area contributed by atoms with Gasteiger partial charge in [0.2, 0.25) is 0 Å². The second-order valence-corrected chi connectivity index (χ2v) is 2.67. The second-order valence-electron chi connectivity index (χ2n) is 2.67. The maximum Gasteiger partial charge on any atom is 0.507 e. The minimum Gasteiger partial charge on any atom is -0.497 e. The lowest BCUT2D eigenvalue weighted by Gasteiger charge is -2.15. The van der Waals surface area contributed by atoms with Gasteiger partial charge in [0.15, 0.2) is 0 Å². The SMILES string of the molecule is COC1=CC(=C=O)[C@H](B(O)OF)C=C1. The molecule has 6 heteroatoms. The van der Waals surface area contributed by atoms with E-state index in [-0.39, 0.29) is 5.57 Å². The highest BCUT2D eigenvalue weighted by Gasteiger charge is 2.31. The van der Waals surface area contributed by atoms with Gasteiger partial charge < -0.3 is 9.76 Å². The zero-order chi connectivity index (χ0) is 10.6. The van der Waals surface area contributed by atoms with Crippen molar-refractivity contribution in [1.82, 2.24) is 0 Å². The fraction of sp³-hybridized carbons (Fsp3) is 0.250. The normalized spacial score (nSPS) is 20.1. The van der Waals surface area contributed by atoms with E-state index in [2.05, 4.69) is 4.86 Å². The van der Waals surface area contributed by atoms with Crippen LogP contribution in [0, 0.1) is 0 Å². The van der Waals surface area contributed by atoms with Crippen molar-refractivity contribution in [3.8, 4) is 0 Å². The molecular weight excluding hydrogens is 190 g/mol. The molecule has 0 amide bonds. The summed E-state index contributed by atoms with van der Waals surface area (Å²) in [5.74, 6) is 1.17. The molecule has 0 bridgehead atoms. The third-order valence-electron chi connectivity index (χ3n) is 1.88. The number of hydrogen-bond donors (Lipinski definition) is 1. The van der Waals surface area contributed by atoms with E-state index in [1.807, 2.05) is 0 Å². The van der Waals surface area contributed by atoms with E-state index >= 15 is 0 Å². The molecule has 0 heterocycles. The van der Waals surface area contributed by atoms with Crippen LogP contribution in [0.15, 0.2) is 29.6 Å². The van der Waals surface area contributed by atoms with Gasteiger partial charge in [-0.1, -0.05) is 10.6 Å². The highest BCUT2D eigenvalue weighted by molar-refractivity contribution is 6.46. The second kappa shape index (κ2) is 4.76. The van der Waals surface area contributed by atoms with Crippen LogP contribution < -0.4 is 0 Å². The Morgan fingerprint density at radius 1 is 1.71 bits per heavy atom. The summed E-state index contributed by atoms with van der Waals surface area (Å²) in [6.07, 6.45) is 4.27. The van der Waals surface area contributed by atoms with Crippen molar-refractivity contribution in [2.45, 2.75) is 5.82 Å². The Balaban J connectivity index is 2.90. The minimum absolute atomic E-state index is 0.0782. The first-order valence-electron chi connectivity index (χ1n) is 3.87. The molecule has 1 N–H and O–H groups in total. The Kier molecular flexibility index (Phi) is 3.65. The summed E-state index contributed by atoms with van der Waals surface area (Å²) in [5, 5.41) is 9.02. The third kappa shape index (κ3) is 2.11. The van der Waals surface area contributed by atoms with Crippen LogP contribution in [-0.2, 0) is 14.4 Å². The molecule has 0 spiro atoms. The quantitative estimate of drug-likeness (QED) is 0.532. The van der Waals surface area contributed by atoms with Gasteiger partial charge in [0.1, 0.15) is 11.7 Å². The van der Waals surface area contributed by atoms with Crippen LogP contribution in [0.5, 0.6) is 0 Å². The number of halogens is 1. The number of methoxy groups -OCH3 is 1. The molecule has 1 aliphatic carbocycles. The van der Waals surface area contributed by atoms with Gasteiger partial charge in [0.05, 0.1) is 12.9 Å². The average Bonchev–Trinajstić information content (AvgIpc) is 2.27. The molecule has 0 saturated heterocycles. The van der Waals surface area contributed by atoms with Crippen LogP contribution in [0.1, 0.15) is 0 Å². The van der Waals surface area contributed by atoms with Crippen LogP contribution in [0.3, 0.4) is 0 Å². The number of allylic oxidation sites excluding steroid dienone is 4. The van der Waals surface area contributed by atoms with Crippen LogP contribution in [0.25, 0.3) is 0 Å². The molecule has 0 saturated carbocycles. The summed E-state index contributed by atoms with van der Waals surface area (Å²) in [7, 11) is -0.265. The van der Waals surface area contributed by atoms with E-state index in [0.29, 0.717) is 5.76 Å². The van der Waals surface area contributed by atoms with Gasteiger partial charge in [-0.25, -0.2) is 9.65 Å². The molecule has 0 fully saturated rings. The summed E-state index contributed by atoms with van der Waals surface area (Å²) in [6.45, 7) is 0. The smallest absolute Gasteiger partial charge is 0.497 e. The standard InChI is InChI=1S/C8H8BFO4/c1-13-7-2-3-8(9(12)14-10)6(4-7)5-11/h2-4,8,12H,1H3/t8-/m1/s1. The molecule has 1 rings (SSSR count). The highest BCUT2D eigenvalue weighted by Crippen LogP contribution is 2.27. The van der Waals surface area contributed by atoms with Crippen LogP contribution >= 0.6 is 0 Å². The minimum atomic E-state index is -1.70. The van der Waals surface area contributed by atoms with Gasteiger partial charge in [0.25, 0.3) is 0 Å². The number of rotatable bonds is 3. The van der Waals surface area contributed by atoms with Gasteiger partial charge in [-0.2, -0.15) is 0 Å². The summed E-state index contributed by atoms with van der Waals surface area (Å²) in [4.78, 5) is 13.7. The highest BCUT2D eigenvalue weighted by atomic mass is 19.3. The Labute approximate surface area is 80.4 Å². The zero-order valence-electron chi connectivity index (χ0n) is 7.44. The van der Waals surface area contributed by atoms with E-state index < -0.39 is 12.9 Å². The van der Waals surface area contributed by atoms with Crippen molar-refractivity contribution >= 4 is 13.1 Å². The molecular formula is C8H8BFO4. The summed E-state index contributed by atoms with van der Waals surface area (Å²) < 4.78 is 16.5. The first kappa shape index (κ1) is 10.7. The zero-order valence-corrected chi connectivity index (χ0v) is 7.44. The summed E-state index contributed by atoms with van der Waals surface area (Å²) in [6, 6.07) is 0. The Morgan fingerprint density at radius 3 is 2.93 bits per heavy atom. The Bertz CT molecular complexity index is 319. The first-order chi connectivity index (χ1) is 6.72. The lowest BCUT2D eigenvalue weighted by Crippen LogP contribution is -2.23. The molecule has 0 aromatic carbocycles. The van der Waals surface area contributed by atoms with Crippen molar-refractivity contribution in [3.05, 3.63) is 29.6 Å². The maximum atomic E-state index is 11.7. The third-order valence-corrected chi connectivity index (χ3v) is 1.88. The van der Waals surface area contributed by atoms with Gasteiger partial charge in [-0.05, 0) is 12.2 Å². The van der Waals surface area contributed by atoms with E-state index in [1.54, 1.807) is 5.94 Å². The molecule has 74 valence electrons. The Morgan fingerprint density at radius 2 is 2.43 bits per heavy atom. The van der Waals surface area contributed by atoms with Gasteiger partial charge in [-0.15, -0.1) is 0 Å². The first-order valence-corrected chi connectivity index (χ1v) is 3.87. The molecule has 14 heavy (non-hydrogen) atoms. The predicted octanol–water partition coefficient (Wildman–Crippen LogP) is 0.596. The summed E-state index contributed by atoms with van der Waals surface area (Å²) >= 11 is 0. The van der Waals surface area contributed by atoms with Crippen LogP contribution in [-0.4, -0.2) is 25.2 Å². The maximum absolute atomic E-state index is 11.7. The molecule has 0 unspecified atom stereocenters. The van der Waals surface area contributed by atoms with Gasteiger partial charge in [-0.3, -0.25) is 0 Å². The van der Waals surface area contributed by atoms with E-state index in [1.165, 1.54) is 25.3 Å². The summed E-state index contributed by atoms with van der Waals surface area (Å²) in [5.41, 5.74) is 0.0782. The van der Waals surface area contributed by atoms with Gasteiger partial charge in [0, 0.05) is 5.57 Å². The Hall–Kier alpha value is -1.36. The molecule has 0 radical (unpaired) electrons. The molecule has 1 atom stereocenters. The molecule has 4 nitrogen and oxygen atoms in total. The molecule has 0 aliphatic heterocycles. The van der Waals surface area contributed by atoms with Crippen molar-refractivity contribution in [3.63, 3.8) is 0 Å². The molecule has 1 aliphatic rings. The van der Waals surface area contributed by atoms with Crippen LogP contribution in [0.2, 0.25) is 5.82 Å². The lowest BCUT2D eigenvalue weighted by atomic mass is 9.67. The van der Waals surface area contributed by atoms with E-state index in [9.17, 15) is 9.32 Å². The largest absolute Gasteiger partial charge is 0.507 e. The number of carbonyl (C=O) groups excluding carboxylic acids is 1. The predicted molar refractivity (Wildman–Crippen MR) is 47.4 cm³/mol. The fourth-order valence-electron chi connectivity index (χ4n) is 1.13. The topological polar surface area (TPSA) is 55.8 Å². The van der Waals surface area contributed by atoms with Gasteiger partial charge >= 0.3 is 7.12 Å². The van der Waals surface area contributed by atoms with Crippen molar-refractivity contribution < 1.29 is 23.9 Å². The molecule has 0 aromatic heterocycles. The average molecular weight is 198 g/mol. The number of hydrogen-bond acceptors (Lipinski definition) is 4. The number of ether oxygens (including phenoxy) is 1. The van der Waals surface area contributed by atoms with E-state index in [0.717, 1.165) is 0 Å². The lowest BCUT2D eigenvalue weighted by molar-refractivity contribution is -0.0325. The van der Waals surface area contributed by atoms with E-state index in [4.69, 9.17) is 9.76 Å². The monoisotopic (exact) mass is 198 g/mol.